The number of methoxy groups -OCH3 is 1. The molecule has 3 nitrogen and oxygen atoms in total. The number of hydrogen-bond acceptors (Lipinski definition) is 3. The molecule has 18 heavy (non-hydrogen) atoms. The Morgan fingerprint density at radius 1 is 1.39 bits per heavy atom. The number of nitrogens with zero attached hydrogens (tertiary/aromatic N) is 1. The summed E-state index contributed by atoms with van der Waals surface area (Å²) < 4.78 is 5.36. The summed E-state index contributed by atoms with van der Waals surface area (Å²) in [7, 11) is 3.86. The predicted octanol–water partition coefficient (Wildman–Crippen LogP) is 2.68. The smallest absolute Gasteiger partial charge is 0.122 e. The standard InChI is InChI=1S/C15H26N2O/c1-5-13-10-14(6-7-15(13)18-4)17(3)11-12(2)8-9-16/h6-7,10,12H,5,8-9,11,16H2,1-4H3. The van der Waals surface area contributed by atoms with Crippen LogP contribution in [0.2, 0.25) is 0 Å². The van der Waals surface area contributed by atoms with Gasteiger partial charge >= 0.3 is 0 Å². The molecule has 0 saturated heterocycles. The summed E-state index contributed by atoms with van der Waals surface area (Å²) in [6, 6.07) is 6.39. The van der Waals surface area contributed by atoms with Crippen LogP contribution in [0.1, 0.15) is 25.8 Å². The average Bonchev–Trinajstić information content (AvgIpc) is 2.38. The van der Waals surface area contributed by atoms with Crippen LogP contribution in [0.15, 0.2) is 18.2 Å². The largest absolute Gasteiger partial charge is 0.496 e. The monoisotopic (exact) mass is 250 g/mol. The van der Waals surface area contributed by atoms with E-state index in [1.807, 2.05) is 0 Å². The maximum absolute atomic E-state index is 5.59. The molecule has 0 radical (unpaired) electrons. The van der Waals surface area contributed by atoms with Gasteiger partial charge in [0.2, 0.25) is 0 Å². The number of anilines is 1. The van der Waals surface area contributed by atoms with Gasteiger partial charge in [-0.3, -0.25) is 0 Å². The molecule has 3 heteroatoms. The molecule has 0 saturated carbocycles. The average molecular weight is 250 g/mol. The third kappa shape index (κ3) is 3.91. The second kappa shape index (κ2) is 7.27. The first-order valence-electron chi connectivity index (χ1n) is 6.70. The summed E-state index contributed by atoms with van der Waals surface area (Å²) in [6.45, 7) is 6.19. The molecule has 1 atom stereocenters. The van der Waals surface area contributed by atoms with E-state index >= 15 is 0 Å². The van der Waals surface area contributed by atoms with Crippen molar-refractivity contribution in [1.82, 2.24) is 0 Å². The lowest BCUT2D eigenvalue weighted by Crippen LogP contribution is -2.25. The van der Waals surface area contributed by atoms with Crippen LogP contribution >= 0.6 is 0 Å². The van der Waals surface area contributed by atoms with E-state index in [0.717, 1.165) is 31.7 Å². The molecule has 1 aromatic carbocycles. The first-order chi connectivity index (χ1) is 8.62. The highest BCUT2D eigenvalue weighted by atomic mass is 16.5. The van der Waals surface area contributed by atoms with Crippen molar-refractivity contribution in [3.63, 3.8) is 0 Å². The van der Waals surface area contributed by atoms with Gasteiger partial charge in [-0.2, -0.15) is 0 Å². The molecule has 0 aliphatic carbocycles. The van der Waals surface area contributed by atoms with Crippen molar-refractivity contribution in [2.24, 2.45) is 11.7 Å². The molecule has 0 aromatic heterocycles. The van der Waals surface area contributed by atoms with Crippen LogP contribution in [0, 0.1) is 5.92 Å². The Morgan fingerprint density at radius 2 is 2.11 bits per heavy atom. The zero-order chi connectivity index (χ0) is 13.5. The molecule has 0 aliphatic heterocycles. The van der Waals surface area contributed by atoms with Crippen LogP contribution in [0.3, 0.4) is 0 Å². The highest BCUT2D eigenvalue weighted by Gasteiger charge is 2.09. The Bertz CT molecular complexity index is 366. The van der Waals surface area contributed by atoms with E-state index in [-0.39, 0.29) is 0 Å². The normalized spacial score (nSPS) is 12.3. The molecule has 0 heterocycles. The van der Waals surface area contributed by atoms with Gasteiger partial charge in [-0.15, -0.1) is 0 Å². The molecule has 2 N–H and O–H groups in total. The molecule has 0 amide bonds. The summed E-state index contributed by atoms with van der Waals surface area (Å²) in [4.78, 5) is 2.29. The minimum atomic E-state index is 0.618. The molecule has 102 valence electrons. The van der Waals surface area contributed by atoms with E-state index in [2.05, 4.69) is 44.0 Å². The van der Waals surface area contributed by atoms with E-state index in [1.54, 1.807) is 7.11 Å². The summed E-state index contributed by atoms with van der Waals surface area (Å²) >= 11 is 0. The van der Waals surface area contributed by atoms with Gasteiger partial charge in [0, 0.05) is 19.3 Å². The Kier molecular flexibility index (Phi) is 5.99. The number of hydrogen-bond donors (Lipinski definition) is 1. The number of nitrogens with two attached hydrogens (primary N) is 1. The van der Waals surface area contributed by atoms with Crippen molar-refractivity contribution >= 4 is 5.69 Å². The number of rotatable bonds is 7. The summed E-state index contributed by atoms with van der Waals surface area (Å²) in [5.41, 5.74) is 8.10. The van der Waals surface area contributed by atoms with Gasteiger partial charge in [0.15, 0.2) is 0 Å². The first-order valence-corrected chi connectivity index (χ1v) is 6.70. The molecule has 1 aromatic rings. The van der Waals surface area contributed by atoms with Crippen LogP contribution in [-0.4, -0.2) is 27.2 Å². The molecule has 0 fully saturated rings. The van der Waals surface area contributed by atoms with E-state index in [0.29, 0.717) is 5.92 Å². The van der Waals surface area contributed by atoms with Crippen molar-refractivity contribution in [3.8, 4) is 5.75 Å². The lowest BCUT2D eigenvalue weighted by molar-refractivity contribution is 0.410. The Labute approximate surface area is 111 Å². The quantitative estimate of drug-likeness (QED) is 0.808. The van der Waals surface area contributed by atoms with Gasteiger partial charge in [-0.1, -0.05) is 13.8 Å². The minimum absolute atomic E-state index is 0.618. The molecule has 0 spiro atoms. The molecular weight excluding hydrogens is 224 g/mol. The number of ether oxygens (including phenoxy) is 1. The lowest BCUT2D eigenvalue weighted by atomic mass is 10.1. The van der Waals surface area contributed by atoms with E-state index in [9.17, 15) is 0 Å². The molecule has 1 unspecified atom stereocenters. The van der Waals surface area contributed by atoms with Gasteiger partial charge in [0.25, 0.3) is 0 Å². The SMILES string of the molecule is CCc1cc(N(C)CC(C)CCN)ccc1OC. The fourth-order valence-corrected chi connectivity index (χ4v) is 2.23. The minimum Gasteiger partial charge on any atom is -0.496 e. The highest BCUT2D eigenvalue weighted by molar-refractivity contribution is 5.52. The van der Waals surface area contributed by atoms with Crippen molar-refractivity contribution < 1.29 is 4.74 Å². The van der Waals surface area contributed by atoms with E-state index in [4.69, 9.17) is 10.5 Å². The topological polar surface area (TPSA) is 38.5 Å². The van der Waals surface area contributed by atoms with Crippen LogP contribution in [-0.2, 0) is 6.42 Å². The fraction of sp³-hybridized carbons (Fsp3) is 0.600. The van der Waals surface area contributed by atoms with Gasteiger partial charge < -0.3 is 15.4 Å². The van der Waals surface area contributed by atoms with Crippen molar-refractivity contribution in [2.45, 2.75) is 26.7 Å². The van der Waals surface area contributed by atoms with Gasteiger partial charge in [-0.25, -0.2) is 0 Å². The van der Waals surface area contributed by atoms with Gasteiger partial charge in [0.05, 0.1) is 7.11 Å². The second-order valence-electron chi connectivity index (χ2n) is 4.91. The predicted molar refractivity (Wildman–Crippen MR) is 78.5 cm³/mol. The van der Waals surface area contributed by atoms with Crippen LogP contribution < -0.4 is 15.4 Å². The number of benzene rings is 1. The summed E-state index contributed by atoms with van der Waals surface area (Å²) in [6.07, 6.45) is 2.06. The first kappa shape index (κ1) is 14.8. The van der Waals surface area contributed by atoms with Crippen molar-refractivity contribution in [2.75, 3.05) is 32.1 Å². The third-order valence-corrected chi connectivity index (χ3v) is 3.33. The maximum Gasteiger partial charge on any atom is 0.122 e. The third-order valence-electron chi connectivity index (χ3n) is 3.33. The van der Waals surface area contributed by atoms with Gasteiger partial charge in [-0.05, 0) is 49.1 Å². The Morgan fingerprint density at radius 3 is 2.67 bits per heavy atom. The molecular formula is C15H26N2O. The Hall–Kier alpha value is -1.22. The van der Waals surface area contributed by atoms with Crippen molar-refractivity contribution in [1.29, 1.82) is 0 Å². The van der Waals surface area contributed by atoms with Crippen LogP contribution in [0.5, 0.6) is 5.75 Å². The van der Waals surface area contributed by atoms with Crippen LogP contribution in [0.4, 0.5) is 5.69 Å². The highest BCUT2D eigenvalue weighted by Crippen LogP contribution is 2.25. The Balaban J connectivity index is 2.76. The zero-order valence-corrected chi connectivity index (χ0v) is 12.1. The summed E-state index contributed by atoms with van der Waals surface area (Å²) in [5.74, 6) is 1.59. The van der Waals surface area contributed by atoms with E-state index < -0.39 is 0 Å². The molecule has 1 rings (SSSR count). The van der Waals surface area contributed by atoms with Gasteiger partial charge in [0.1, 0.15) is 5.75 Å². The molecule has 0 aliphatic rings. The lowest BCUT2D eigenvalue weighted by Gasteiger charge is -2.24. The van der Waals surface area contributed by atoms with Crippen LogP contribution in [0.25, 0.3) is 0 Å². The molecule has 0 bridgehead atoms. The maximum atomic E-state index is 5.59. The zero-order valence-electron chi connectivity index (χ0n) is 12.1. The second-order valence-corrected chi connectivity index (χ2v) is 4.91. The summed E-state index contributed by atoms with van der Waals surface area (Å²) in [5, 5.41) is 0. The fourth-order valence-electron chi connectivity index (χ4n) is 2.23. The number of aryl methyl sites for hydroxylation is 1. The van der Waals surface area contributed by atoms with Crippen molar-refractivity contribution in [3.05, 3.63) is 23.8 Å². The van der Waals surface area contributed by atoms with E-state index in [1.165, 1.54) is 11.3 Å².